The third-order valence-corrected chi connectivity index (χ3v) is 3.53. The summed E-state index contributed by atoms with van der Waals surface area (Å²) in [6.45, 7) is 3.37. The van der Waals surface area contributed by atoms with Crippen LogP contribution in [0.25, 0.3) is 10.9 Å². The van der Waals surface area contributed by atoms with E-state index in [1.807, 2.05) is 12.1 Å². The van der Waals surface area contributed by atoms with E-state index >= 15 is 0 Å². The summed E-state index contributed by atoms with van der Waals surface area (Å²) < 4.78 is 2.39. The van der Waals surface area contributed by atoms with Crippen LogP contribution in [0, 0.1) is 0 Å². The molecule has 1 aromatic heterocycles. The van der Waals surface area contributed by atoms with Crippen molar-refractivity contribution in [2.45, 2.75) is 32.2 Å². The molecule has 0 saturated carbocycles. The van der Waals surface area contributed by atoms with E-state index in [1.54, 1.807) is 6.07 Å². The highest BCUT2D eigenvalue weighted by atomic mass is 16.3. The van der Waals surface area contributed by atoms with Crippen LogP contribution in [-0.2, 0) is 6.54 Å². The van der Waals surface area contributed by atoms with E-state index in [1.165, 1.54) is 29.4 Å². The van der Waals surface area contributed by atoms with Crippen molar-refractivity contribution in [1.29, 1.82) is 0 Å². The van der Waals surface area contributed by atoms with Crippen LogP contribution >= 0.6 is 0 Å². The quantitative estimate of drug-likeness (QED) is 0.752. The fourth-order valence-electron chi connectivity index (χ4n) is 2.71. The normalized spacial score (nSPS) is 19.7. The van der Waals surface area contributed by atoms with Gasteiger partial charge in [-0.05, 0) is 37.1 Å². The summed E-state index contributed by atoms with van der Waals surface area (Å²) in [6, 6.07) is 7.88. The largest absolute Gasteiger partial charge is 0.508 e. The Bertz CT molecular complexity index is 512. The molecule has 1 N–H and O–H groups in total. The molecule has 0 fully saturated rings. The summed E-state index contributed by atoms with van der Waals surface area (Å²) >= 11 is 0. The number of aromatic hydroxyl groups is 1. The first-order chi connectivity index (χ1) is 7.29. The maximum absolute atomic E-state index is 9.43. The first-order valence-corrected chi connectivity index (χ1v) is 5.61. The average molecular weight is 201 g/mol. The van der Waals surface area contributed by atoms with Crippen LogP contribution in [0.2, 0.25) is 0 Å². The van der Waals surface area contributed by atoms with Gasteiger partial charge in [0.05, 0.1) is 0 Å². The molecule has 15 heavy (non-hydrogen) atoms. The zero-order valence-electron chi connectivity index (χ0n) is 8.90. The van der Waals surface area contributed by atoms with Crippen molar-refractivity contribution in [2.75, 3.05) is 0 Å². The molecule has 1 aliphatic heterocycles. The Morgan fingerprint density at radius 3 is 3.07 bits per heavy atom. The minimum absolute atomic E-state index is 0.361. The minimum atomic E-state index is 0.361. The van der Waals surface area contributed by atoms with Gasteiger partial charge in [0.2, 0.25) is 0 Å². The lowest BCUT2D eigenvalue weighted by Gasteiger charge is -2.02. The Labute approximate surface area is 89.1 Å². The van der Waals surface area contributed by atoms with Crippen LogP contribution in [0.5, 0.6) is 5.75 Å². The molecule has 2 aromatic rings. The van der Waals surface area contributed by atoms with Crippen molar-refractivity contribution in [3.05, 3.63) is 30.0 Å². The first-order valence-electron chi connectivity index (χ1n) is 5.61. The van der Waals surface area contributed by atoms with Crippen molar-refractivity contribution >= 4 is 10.9 Å². The second-order valence-electron chi connectivity index (χ2n) is 4.36. The molecule has 0 aliphatic carbocycles. The number of aryl methyl sites for hydroxylation is 1. The number of phenols is 1. The van der Waals surface area contributed by atoms with E-state index < -0.39 is 0 Å². The van der Waals surface area contributed by atoms with Gasteiger partial charge in [-0.15, -0.1) is 0 Å². The molecular weight excluding hydrogens is 186 g/mol. The lowest BCUT2D eigenvalue weighted by Crippen LogP contribution is -1.91. The lowest BCUT2D eigenvalue weighted by atomic mass is 10.0. The fraction of sp³-hybridized carbons (Fsp3) is 0.385. The molecule has 1 aliphatic rings. The Kier molecular flexibility index (Phi) is 1.78. The predicted octanol–water partition coefficient (Wildman–Crippen LogP) is 3.24. The van der Waals surface area contributed by atoms with Crippen LogP contribution in [0.15, 0.2) is 24.3 Å². The molecule has 2 heterocycles. The Balaban J connectivity index is 2.25. The average Bonchev–Trinajstić information content (AvgIpc) is 2.74. The van der Waals surface area contributed by atoms with Gasteiger partial charge in [-0.1, -0.05) is 6.92 Å². The Morgan fingerprint density at radius 1 is 1.40 bits per heavy atom. The molecule has 0 bridgehead atoms. The second kappa shape index (κ2) is 3.02. The van der Waals surface area contributed by atoms with E-state index in [-0.39, 0.29) is 0 Å². The van der Waals surface area contributed by atoms with E-state index in [0.29, 0.717) is 11.7 Å². The molecule has 2 nitrogen and oxygen atoms in total. The molecule has 0 unspecified atom stereocenters. The summed E-state index contributed by atoms with van der Waals surface area (Å²) in [5.41, 5.74) is 2.71. The van der Waals surface area contributed by atoms with Crippen LogP contribution in [0.4, 0.5) is 0 Å². The molecule has 3 rings (SSSR count). The molecule has 0 spiro atoms. The highest BCUT2D eigenvalue weighted by Crippen LogP contribution is 2.36. The van der Waals surface area contributed by atoms with Gasteiger partial charge in [0.25, 0.3) is 0 Å². The molecule has 78 valence electrons. The zero-order valence-corrected chi connectivity index (χ0v) is 8.90. The number of aromatic nitrogens is 1. The Morgan fingerprint density at radius 2 is 2.27 bits per heavy atom. The molecule has 0 amide bonds. The standard InChI is InChI=1S/C13H15NO/c1-2-9-5-6-14-12-4-3-11(15)7-10(12)8-13(9)14/h3-4,7-9,15H,2,5-6H2,1H3/t9-/m0/s1. The molecule has 0 radical (unpaired) electrons. The molecule has 1 atom stereocenters. The van der Waals surface area contributed by atoms with Crippen LogP contribution in [0.3, 0.4) is 0 Å². The van der Waals surface area contributed by atoms with E-state index in [0.717, 1.165) is 6.54 Å². The Hall–Kier alpha value is -1.44. The highest BCUT2D eigenvalue weighted by Gasteiger charge is 2.22. The number of hydrogen-bond acceptors (Lipinski definition) is 1. The summed E-state index contributed by atoms with van der Waals surface area (Å²) in [6.07, 6.45) is 2.48. The maximum Gasteiger partial charge on any atom is 0.116 e. The van der Waals surface area contributed by atoms with Gasteiger partial charge >= 0.3 is 0 Å². The lowest BCUT2D eigenvalue weighted by molar-refractivity contribution is 0.476. The molecular formula is C13H15NO. The minimum Gasteiger partial charge on any atom is -0.508 e. The number of hydrogen-bond donors (Lipinski definition) is 1. The molecule has 2 heteroatoms. The van der Waals surface area contributed by atoms with Crippen LogP contribution < -0.4 is 0 Å². The van der Waals surface area contributed by atoms with Gasteiger partial charge in [-0.2, -0.15) is 0 Å². The predicted molar refractivity (Wildman–Crippen MR) is 61.3 cm³/mol. The number of nitrogens with zero attached hydrogens (tertiary/aromatic N) is 1. The summed E-state index contributed by atoms with van der Waals surface area (Å²) in [5.74, 6) is 1.07. The SMILES string of the molecule is CC[C@H]1CCn2c1cc1cc(O)ccc12. The number of benzene rings is 1. The van der Waals surface area contributed by atoms with E-state index in [2.05, 4.69) is 17.6 Å². The summed E-state index contributed by atoms with van der Waals surface area (Å²) in [5, 5.41) is 10.6. The van der Waals surface area contributed by atoms with Crippen molar-refractivity contribution in [2.24, 2.45) is 0 Å². The van der Waals surface area contributed by atoms with Crippen molar-refractivity contribution < 1.29 is 5.11 Å². The monoisotopic (exact) mass is 201 g/mol. The summed E-state index contributed by atoms with van der Waals surface area (Å²) in [4.78, 5) is 0. The van der Waals surface area contributed by atoms with Crippen molar-refractivity contribution in [3.8, 4) is 5.75 Å². The van der Waals surface area contributed by atoms with Crippen molar-refractivity contribution in [1.82, 2.24) is 4.57 Å². The number of rotatable bonds is 1. The van der Waals surface area contributed by atoms with Gasteiger partial charge in [0.1, 0.15) is 5.75 Å². The van der Waals surface area contributed by atoms with E-state index in [4.69, 9.17) is 0 Å². The van der Waals surface area contributed by atoms with Crippen LogP contribution in [0.1, 0.15) is 31.4 Å². The van der Waals surface area contributed by atoms with Crippen LogP contribution in [-0.4, -0.2) is 9.67 Å². The fourth-order valence-corrected chi connectivity index (χ4v) is 2.71. The van der Waals surface area contributed by atoms with Gasteiger partial charge in [0.15, 0.2) is 0 Å². The number of phenolic OH excluding ortho intramolecular Hbond substituents is 1. The van der Waals surface area contributed by atoms with Gasteiger partial charge < -0.3 is 9.67 Å². The first kappa shape index (κ1) is 8.84. The third kappa shape index (κ3) is 1.17. The van der Waals surface area contributed by atoms with Gasteiger partial charge in [0, 0.05) is 29.1 Å². The number of fused-ring (bicyclic) bond motifs is 3. The van der Waals surface area contributed by atoms with E-state index in [9.17, 15) is 5.11 Å². The van der Waals surface area contributed by atoms with Crippen molar-refractivity contribution in [3.63, 3.8) is 0 Å². The highest BCUT2D eigenvalue weighted by molar-refractivity contribution is 5.83. The molecule has 1 aromatic carbocycles. The third-order valence-electron chi connectivity index (χ3n) is 3.53. The van der Waals surface area contributed by atoms with Gasteiger partial charge in [-0.3, -0.25) is 0 Å². The topological polar surface area (TPSA) is 25.2 Å². The second-order valence-corrected chi connectivity index (χ2v) is 4.36. The van der Waals surface area contributed by atoms with Gasteiger partial charge in [-0.25, -0.2) is 0 Å². The smallest absolute Gasteiger partial charge is 0.116 e. The molecule has 0 saturated heterocycles. The zero-order chi connectivity index (χ0) is 10.4. The maximum atomic E-state index is 9.43. The summed E-state index contributed by atoms with van der Waals surface area (Å²) in [7, 11) is 0.